The van der Waals surface area contributed by atoms with E-state index < -0.39 is 5.97 Å². The number of rotatable bonds is 4. The summed E-state index contributed by atoms with van der Waals surface area (Å²) in [6.07, 6.45) is 1.50. The summed E-state index contributed by atoms with van der Waals surface area (Å²) >= 11 is 1.55. The van der Waals surface area contributed by atoms with E-state index >= 15 is 0 Å². The van der Waals surface area contributed by atoms with Gasteiger partial charge < -0.3 is 15.2 Å². The topological polar surface area (TPSA) is 77.9 Å². The van der Waals surface area contributed by atoms with Crippen molar-refractivity contribution in [2.24, 2.45) is 0 Å². The third-order valence-corrected chi connectivity index (χ3v) is 4.98. The van der Waals surface area contributed by atoms with E-state index in [0.717, 1.165) is 21.3 Å². The molecule has 0 fully saturated rings. The number of nitrogens with zero attached hydrogens (tertiary/aromatic N) is 2. The summed E-state index contributed by atoms with van der Waals surface area (Å²) in [5.41, 5.74) is 4.08. The fourth-order valence-electron chi connectivity index (χ4n) is 2.78. The number of aryl methyl sites for hydroxylation is 1. The van der Waals surface area contributed by atoms with Gasteiger partial charge in [0.05, 0.1) is 11.4 Å². The van der Waals surface area contributed by atoms with Crippen LogP contribution in [0.4, 0.5) is 11.5 Å². The number of carboxylic acids is 1. The highest BCUT2D eigenvalue weighted by atomic mass is 32.1. The summed E-state index contributed by atoms with van der Waals surface area (Å²) in [6, 6.07) is 14.8. The van der Waals surface area contributed by atoms with Crippen LogP contribution >= 0.6 is 11.3 Å². The summed E-state index contributed by atoms with van der Waals surface area (Å²) in [5.74, 6) is -0.570. The van der Waals surface area contributed by atoms with E-state index in [1.165, 1.54) is 24.0 Å². The standard InChI is InChI=1S/C20H15N3O2S/c1-12-5-7-13(8-6-12)16-10-26-19-17(16)18(21-11-22-19)23-15-4-2-3-14(9-15)20(24)25/h2-11H,1H3,(H,24,25)(H,21,22,23)/p-1. The number of hydrogen-bond acceptors (Lipinski definition) is 6. The van der Waals surface area contributed by atoms with Gasteiger partial charge in [-0.25, -0.2) is 9.97 Å². The Kier molecular flexibility index (Phi) is 4.10. The minimum atomic E-state index is -1.21. The highest BCUT2D eigenvalue weighted by Crippen LogP contribution is 2.37. The monoisotopic (exact) mass is 360 g/mol. The first-order valence-electron chi connectivity index (χ1n) is 7.99. The molecule has 0 bridgehead atoms. The van der Waals surface area contributed by atoms with Crippen LogP contribution in [-0.2, 0) is 0 Å². The first-order chi connectivity index (χ1) is 12.6. The zero-order valence-corrected chi connectivity index (χ0v) is 14.7. The van der Waals surface area contributed by atoms with Gasteiger partial charge in [0.1, 0.15) is 17.0 Å². The third kappa shape index (κ3) is 3.02. The minimum absolute atomic E-state index is 0.115. The van der Waals surface area contributed by atoms with Crippen molar-refractivity contribution in [1.29, 1.82) is 0 Å². The molecule has 0 amide bonds. The molecule has 2 aromatic carbocycles. The lowest BCUT2D eigenvalue weighted by Gasteiger charge is -2.10. The van der Waals surface area contributed by atoms with Gasteiger partial charge in [0, 0.05) is 16.6 Å². The SMILES string of the molecule is Cc1ccc(-c2csc3ncnc(Nc4cccc(C(=O)[O-])c4)c23)cc1. The Morgan fingerprint density at radius 1 is 1.12 bits per heavy atom. The number of nitrogens with one attached hydrogen (secondary N) is 1. The van der Waals surface area contributed by atoms with Crippen LogP contribution in [0.2, 0.25) is 0 Å². The highest BCUT2D eigenvalue weighted by Gasteiger charge is 2.13. The van der Waals surface area contributed by atoms with Gasteiger partial charge in [-0.3, -0.25) is 0 Å². The lowest BCUT2D eigenvalue weighted by atomic mass is 10.0. The first kappa shape index (κ1) is 16.2. The van der Waals surface area contributed by atoms with Crippen molar-refractivity contribution in [2.45, 2.75) is 6.92 Å². The maximum Gasteiger partial charge on any atom is 0.143 e. The van der Waals surface area contributed by atoms with Crippen LogP contribution in [0.1, 0.15) is 15.9 Å². The predicted octanol–water partition coefficient (Wildman–Crippen LogP) is 3.77. The number of anilines is 2. The maximum atomic E-state index is 11.1. The largest absolute Gasteiger partial charge is 0.545 e. The normalized spacial score (nSPS) is 10.8. The van der Waals surface area contributed by atoms with E-state index in [-0.39, 0.29) is 5.56 Å². The Hall–Kier alpha value is -3.25. The number of aromatic nitrogens is 2. The molecule has 0 aliphatic heterocycles. The predicted molar refractivity (Wildman–Crippen MR) is 102 cm³/mol. The third-order valence-electron chi connectivity index (χ3n) is 4.09. The summed E-state index contributed by atoms with van der Waals surface area (Å²) in [7, 11) is 0. The quantitative estimate of drug-likeness (QED) is 0.599. The molecular formula is C20H14N3O2S-. The summed E-state index contributed by atoms with van der Waals surface area (Å²) < 4.78 is 0. The average molecular weight is 360 g/mol. The van der Waals surface area contributed by atoms with Crippen molar-refractivity contribution in [2.75, 3.05) is 5.32 Å². The van der Waals surface area contributed by atoms with Crippen LogP contribution in [-0.4, -0.2) is 15.9 Å². The molecule has 0 atom stereocenters. The molecule has 4 aromatic rings. The molecule has 6 heteroatoms. The van der Waals surface area contributed by atoms with Crippen molar-refractivity contribution >= 4 is 39.0 Å². The van der Waals surface area contributed by atoms with Crippen LogP contribution in [0, 0.1) is 6.92 Å². The van der Waals surface area contributed by atoms with Gasteiger partial charge in [0.15, 0.2) is 0 Å². The molecule has 5 nitrogen and oxygen atoms in total. The van der Waals surface area contributed by atoms with Crippen LogP contribution in [0.15, 0.2) is 60.2 Å². The molecule has 0 aliphatic carbocycles. The Balaban J connectivity index is 1.80. The fraction of sp³-hybridized carbons (Fsp3) is 0.0500. The summed E-state index contributed by atoms with van der Waals surface area (Å²) in [6.45, 7) is 2.05. The zero-order valence-electron chi connectivity index (χ0n) is 13.9. The number of carbonyl (C=O) groups is 1. The lowest BCUT2D eigenvalue weighted by molar-refractivity contribution is -0.255. The van der Waals surface area contributed by atoms with Gasteiger partial charge in [0.25, 0.3) is 0 Å². The van der Waals surface area contributed by atoms with E-state index in [1.807, 2.05) is 0 Å². The van der Waals surface area contributed by atoms with E-state index in [1.54, 1.807) is 23.5 Å². The van der Waals surface area contributed by atoms with Crippen molar-refractivity contribution in [3.8, 4) is 11.1 Å². The second-order valence-corrected chi connectivity index (χ2v) is 6.77. The smallest absolute Gasteiger partial charge is 0.143 e. The van der Waals surface area contributed by atoms with Crippen molar-refractivity contribution in [1.82, 2.24) is 9.97 Å². The molecule has 1 N–H and O–H groups in total. The average Bonchev–Trinajstić information content (AvgIpc) is 3.08. The van der Waals surface area contributed by atoms with Gasteiger partial charge >= 0.3 is 0 Å². The summed E-state index contributed by atoms with van der Waals surface area (Å²) in [4.78, 5) is 20.7. The Morgan fingerprint density at radius 3 is 2.69 bits per heavy atom. The molecule has 0 saturated carbocycles. The Bertz CT molecular complexity index is 1100. The molecule has 2 heterocycles. The second kappa shape index (κ2) is 6.57. The number of aromatic carboxylic acids is 1. The van der Waals surface area contributed by atoms with Gasteiger partial charge in [-0.15, -0.1) is 11.3 Å². The number of carboxylic acid groups (broad SMARTS) is 1. The van der Waals surface area contributed by atoms with Gasteiger partial charge in [-0.2, -0.15) is 0 Å². The Morgan fingerprint density at radius 2 is 1.92 bits per heavy atom. The number of benzene rings is 2. The Labute approximate surface area is 154 Å². The van der Waals surface area contributed by atoms with E-state index in [2.05, 4.69) is 51.9 Å². The maximum absolute atomic E-state index is 11.1. The zero-order chi connectivity index (χ0) is 18.1. The van der Waals surface area contributed by atoms with Crippen LogP contribution in [0.3, 0.4) is 0 Å². The first-order valence-corrected chi connectivity index (χ1v) is 8.87. The van der Waals surface area contributed by atoms with Crippen molar-refractivity contribution in [3.05, 3.63) is 71.4 Å². The van der Waals surface area contributed by atoms with E-state index in [0.29, 0.717) is 11.5 Å². The molecule has 0 saturated heterocycles. The molecular weight excluding hydrogens is 346 g/mol. The number of thiophene rings is 1. The number of fused-ring (bicyclic) bond motifs is 1. The van der Waals surface area contributed by atoms with Crippen LogP contribution in [0.5, 0.6) is 0 Å². The van der Waals surface area contributed by atoms with Gasteiger partial charge in [-0.1, -0.05) is 42.0 Å². The molecule has 0 spiro atoms. The van der Waals surface area contributed by atoms with Crippen LogP contribution < -0.4 is 10.4 Å². The van der Waals surface area contributed by atoms with E-state index in [4.69, 9.17) is 0 Å². The minimum Gasteiger partial charge on any atom is -0.545 e. The number of hydrogen-bond donors (Lipinski definition) is 1. The molecule has 0 aliphatic rings. The molecule has 0 unspecified atom stereocenters. The summed E-state index contributed by atoms with van der Waals surface area (Å²) in [5, 5.41) is 17.3. The fourth-order valence-corrected chi connectivity index (χ4v) is 3.69. The molecule has 26 heavy (non-hydrogen) atoms. The molecule has 2 aromatic heterocycles. The molecule has 128 valence electrons. The van der Waals surface area contributed by atoms with E-state index in [9.17, 15) is 9.90 Å². The van der Waals surface area contributed by atoms with Crippen molar-refractivity contribution in [3.63, 3.8) is 0 Å². The highest BCUT2D eigenvalue weighted by molar-refractivity contribution is 7.17. The van der Waals surface area contributed by atoms with Crippen molar-refractivity contribution < 1.29 is 9.90 Å². The molecule has 4 rings (SSSR count). The second-order valence-electron chi connectivity index (χ2n) is 5.91. The van der Waals surface area contributed by atoms with Gasteiger partial charge in [0.2, 0.25) is 0 Å². The van der Waals surface area contributed by atoms with Crippen LogP contribution in [0.25, 0.3) is 21.3 Å². The molecule has 0 radical (unpaired) electrons. The van der Waals surface area contributed by atoms with Gasteiger partial charge in [-0.05, 0) is 30.2 Å². The number of carbonyl (C=O) groups excluding carboxylic acids is 1. The lowest BCUT2D eigenvalue weighted by Crippen LogP contribution is -2.22.